The van der Waals surface area contributed by atoms with Gasteiger partial charge in [0.15, 0.2) is 0 Å². The second kappa shape index (κ2) is 7.21. The van der Waals surface area contributed by atoms with E-state index in [4.69, 9.17) is 0 Å². The molecule has 1 aliphatic rings. The fourth-order valence-corrected chi connectivity index (χ4v) is 3.51. The van der Waals surface area contributed by atoms with Crippen LogP contribution in [0.15, 0.2) is 29.1 Å². The Labute approximate surface area is 140 Å². The van der Waals surface area contributed by atoms with Crippen LogP contribution in [-0.4, -0.2) is 17.4 Å². The van der Waals surface area contributed by atoms with E-state index in [1.54, 1.807) is 23.8 Å². The molecule has 1 atom stereocenters. The van der Waals surface area contributed by atoms with Crippen LogP contribution in [0.25, 0.3) is 0 Å². The van der Waals surface area contributed by atoms with Gasteiger partial charge in [0.1, 0.15) is 5.82 Å². The summed E-state index contributed by atoms with van der Waals surface area (Å²) >= 11 is 1.57. The van der Waals surface area contributed by atoms with Crippen LogP contribution in [0.5, 0.6) is 0 Å². The number of nitrogens with zero attached hydrogens (tertiary/aromatic N) is 1. The number of aromatic nitrogens is 1. The van der Waals surface area contributed by atoms with E-state index in [1.807, 2.05) is 17.5 Å². The van der Waals surface area contributed by atoms with Crippen molar-refractivity contribution in [2.24, 2.45) is 5.92 Å². The maximum absolute atomic E-state index is 13.5. The highest BCUT2D eigenvalue weighted by molar-refractivity contribution is 7.07. The van der Waals surface area contributed by atoms with Crippen LogP contribution in [0.3, 0.4) is 0 Å². The summed E-state index contributed by atoms with van der Waals surface area (Å²) in [5.74, 6) is 0.646. The molecule has 1 N–H and O–H groups in total. The Balaban J connectivity index is 1.56. The van der Waals surface area contributed by atoms with E-state index in [-0.39, 0.29) is 17.6 Å². The fraction of sp³-hybridized carbons (Fsp3) is 0.444. The van der Waals surface area contributed by atoms with Gasteiger partial charge in [0.2, 0.25) is 5.91 Å². The van der Waals surface area contributed by atoms with E-state index in [1.165, 1.54) is 6.07 Å². The third kappa shape index (κ3) is 4.38. The standard InChI is InChI=1S/C18H21FN2OS/c1-12-8-14(4-5-17(12)19)16(13-2-3-13)9-18(22)20-7-6-15-10-23-11-21-15/h4-5,8,10-11,13,16H,2-3,6-7,9H2,1H3,(H,20,22). The van der Waals surface area contributed by atoms with Crippen LogP contribution in [0.1, 0.15) is 42.0 Å². The molecule has 0 radical (unpaired) electrons. The van der Waals surface area contributed by atoms with E-state index < -0.39 is 0 Å². The quantitative estimate of drug-likeness (QED) is 0.837. The lowest BCUT2D eigenvalue weighted by molar-refractivity contribution is -0.121. The molecule has 1 heterocycles. The molecule has 5 heteroatoms. The van der Waals surface area contributed by atoms with Crippen molar-refractivity contribution in [3.05, 3.63) is 51.7 Å². The van der Waals surface area contributed by atoms with Gasteiger partial charge in [0.25, 0.3) is 0 Å². The molecule has 23 heavy (non-hydrogen) atoms. The minimum Gasteiger partial charge on any atom is -0.356 e. The van der Waals surface area contributed by atoms with Gasteiger partial charge in [0.05, 0.1) is 11.2 Å². The molecule has 3 rings (SSSR count). The average Bonchev–Trinajstić information content (AvgIpc) is 3.24. The molecular formula is C18H21FN2OS. The van der Waals surface area contributed by atoms with E-state index in [2.05, 4.69) is 10.3 Å². The summed E-state index contributed by atoms with van der Waals surface area (Å²) in [6.07, 6.45) is 3.56. The number of amides is 1. The Morgan fingerprint density at radius 2 is 2.30 bits per heavy atom. The molecular weight excluding hydrogens is 311 g/mol. The summed E-state index contributed by atoms with van der Waals surface area (Å²) in [7, 11) is 0. The van der Waals surface area contributed by atoms with Gasteiger partial charge >= 0.3 is 0 Å². The van der Waals surface area contributed by atoms with Crippen molar-refractivity contribution in [2.75, 3.05) is 6.54 Å². The van der Waals surface area contributed by atoms with Gasteiger partial charge in [-0.3, -0.25) is 4.79 Å². The number of benzene rings is 1. The minimum absolute atomic E-state index is 0.0686. The second-order valence-corrected chi connectivity index (χ2v) is 6.96. The Hall–Kier alpha value is -1.75. The topological polar surface area (TPSA) is 42.0 Å². The monoisotopic (exact) mass is 332 g/mol. The summed E-state index contributed by atoms with van der Waals surface area (Å²) in [5.41, 5.74) is 4.55. The van der Waals surface area contributed by atoms with Crippen LogP contribution >= 0.6 is 11.3 Å². The number of carbonyl (C=O) groups is 1. The van der Waals surface area contributed by atoms with E-state index in [0.29, 0.717) is 24.4 Å². The second-order valence-electron chi connectivity index (χ2n) is 6.24. The van der Waals surface area contributed by atoms with Crippen molar-refractivity contribution in [2.45, 2.75) is 38.5 Å². The molecule has 1 aromatic heterocycles. The minimum atomic E-state index is -0.184. The third-order valence-electron chi connectivity index (χ3n) is 4.39. The van der Waals surface area contributed by atoms with Gasteiger partial charge in [-0.1, -0.05) is 12.1 Å². The molecule has 1 amide bonds. The lowest BCUT2D eigenvalue weighted by Gasteiger charge is -2.17. The van der Waals surface area contributed by atoms with Crippen molar-refractivity contribution in [3.8, 4) is 0 Å². The molecule has 0 saturated heterocycles. The lowest BCUT2D eigenvalue weighted by atomic mass is 9.89. The van der Waals surface area contributed by atoms with Gasteiger partial charge in [0, 0.05) is 24.8 Å². The van der Waals surface area contributed by atoms with E-state index in [9.17, 15) is 9.18 Å². The average molecular weight is 332 g/mol. The first-order valence-corrected chi connectivity index (χ1v) is 8.97. The molecule has 0 spiro atoms. The molecule has 2 aromatic rings. The predicted octanol–water partition coefficient (Wildman–Crippen LogP) is 3.83. The maximum atomic E-state index is 13.5. The van der Waals surface area contributed by atoms with Crippen molar-refractivity contribution < 1.29 is 9.18 Å². The summed E-state index contributed by atoms with van der Waals surface area (Å²) < 4.78 is 13.5. The summed E-state index contributed by atoms with van der Waals surface area (Å²) in [6, 6.07) is 5.23. The Bertz CT molecular complexity index is 668. The largest absolute Gasteiger partial charge is 0.356 e. The van der Waals surface area contributed by atoms with Crippen LogP contribution in [0, 0.1) is 18.7 Å². The van der Waals surface area contributed by atoms with Gasteiger partial charge in [-0.15, -0.1) is 11.3 Å². The molecule has 3 nitrogen and oxygen atoms in total. The fourth-order valence-electron chi connectivity index (χ4n) is 2.92. The number of halogens is 1. The predicted molar refractivity (Wildman–Crippen MR) is 90.0 cm³/mol. The van der Waals surface area contributed by atoms with Crippen molar-refractivity contribution in [1.82, 2.24) is 10.3 Å². The number of hydrogen-bond acceptors (Lipinski definition) is 3. The highest BCUT2D eigenvalue weighted by atomic mass is 32.1. The van der Waals surface area contributed by atoms with E-state index in [0.717, 1.165) is 30.5 Å². The van der Waals surface area contributed by atoms with E-state index >= 15 is 0 Å². The highest BCUT2D eigenvalue weighted by Gasteiger charge is 2.33. The number of hydrogen-bond donors (Lipinski definition) is 1. The Kier molecular flexibility index (Phi) is 5.06. The van der Waals surface area contributed by atoms with Gasteiger partial charge in [-0.25, -0.2) is 9.37 Å². The summed E-state index contributed by atoms with van der Waals surface area (Å²) in [4.78, 5) is 16.4. The van der Waals surface area contributed by atoms with Crippen LogP contribution in [-0.2, 0) is 11.2 Å². The molecule has 0 bridgehead atoms. The molecule has 122 valence electrons. The van der Waals surface area contributed by atoms with Gasteiger partial charge < -0.3 is 5.32 Å². The first-order valence-electron chi connectivity index (χ1n) is 8.03. The van der Waals surface area contributed by atoms with Crippen molar-refractivity contribution in [1.29, 1.82) is 0 Å². The molecule has 1 aliphatic carbocycles. The highest BCUT2D eigenvalue weighted by Crippen LogP contribution is 2.44. The molecule has 1 saturated carbocycles. The van der Waals surface area contributed by atoms with Crippen LogP contribution in [0.2, 0.25) is 0 Å². The SMILES string of the molecule is Cc1cc(C(CC(=O)NCCc2cscn2)C2CC2)ccc1F. The number of aryl methyl sites for hydroxylation is 1. The normalized spacial score (nSPS) is 15.4. The number of nitrogens with one attached hydrogen (secondary N) is 1. The molecule has 1 fully saturated rings. The molecule has 1 aromatic carbocycles. The van der Waals surface area contributed by atoms with Crippen LogP contribution in [0.4, 0.5) is 4.39 Å². The first kappa shape index (κ1) is 16.1. The first-order chi connectivity index (χ1) is 11.1. The third-order valence-corrected chi connectivity index (χ3v) is 5.03. The van der Waals surface area contributed by atoms with Crippen molar-refractivity contribution >= 4 is 17.2 Å². The summed E-state index contributed by atoms with van der Waals surface area (Å²) in [6.45, 7) is 2.39. The zero-order chi connectivity index (χ0) is 16.2. The van der Waals surface area contributed by atoms with Gasteiger partial charge in [-0.05, 0) is 48.8 Å². The zero-order valence-corrected chi connectivity index (χ0v) is 14.0. The smallest absolute Gasteiger partial charge is 0.220 e. The zero-order valence-electron chi connectivity index (χ0n) is 13.2. The lowest BCUT2D eigenvalue weighted by Crippen LogP contribution is -2.27. The van der Waals surface area contributed by atoms with Gasteiger partial charge in [-0.2, -0.15) is 0 Å². The van der Waals surface area contributed by atoms with Crippen molar-refractivity contribution in [3.63, 3.8) is 0 Å². The number of carbonyl (C=O) groups excluding carboxylic acids is 1. The number of thiazole rings is 1. The molecule has 1 unspecified atom stereocenters. The van der Waals surface area contributed by atoms with Crippen LogP contribution < -0.4 is 5.32 Å². The Morgan fingerprint density at radius 3 is 2.96 bits per heavy atom. The Morgan fingerprint density at radius 1 is 1.48 bits per heavy atom. The summed E-state index contributed by atoms with van der Waals surface area (Å²) in [5, 5.41) is 4.98. The maximum Gasteiger partial charge on any atom is 0.220 e. The number of rotatable bonds is 7. The molecule has 0 aliphatic heterocycles.